The van der Waals surface area contributed by atoms with E-state index >= 15 is 0 Å². The van der Waals surface area contributed by atoms with Crippen molar-refractivity contribution < 1.29 is 9.53 Å². The van der Waals surface area contributed by atoms with Gasteiger partial charge in [-0.25, -0.2) is 0 Å². The third-order valence-corrected chi connectivity index (χ3v) is 4.55. The van der Waals surface area contributed by atoms with Crippen LogP contribution in [0.5, 0.6) is 5.75 Å². The van der Waals surface area contributed by atoms with Crippen molar-refractivity contribution in [2.24, 2.45) is 0 Å². The van der Waals surface area contributed by atoms with E-state index in [9.17, 15) is 4.79 Å². The monoisotopic (exact) mass is 317 g/mol. The summed E-state index contributed by atoms with van der Waals surface area (Å²) in [6, 6.07) is 6.06. The molecule has 0 amide bonds. The van der Waals surface area contributed by atoms with Crippen molar-refractivity contribution in [2.75, 3.05) is 26.2 Å². The normalized spacial score (nSPS) is 16.3. The van der Waals surface area contributed by atoms with Gasteiger partial charge in [0.1, 0.15) is 5.75 Å². The fraction of sp³-hybridized carbons (Fsp3) is 0.650. The second kappa shape index (κ2) is 7.96. The van der Waals surface area contributed by atoms with Gasteiger partial charge in [-0.3, -0.25) is 4.79 Å². The first-order valence-electron chi connectivity index (χ1n) is 8.94. The van der Waals surface area contributed by atoms with Crippen LogP contribution in [0.2, 0.25) is 0 Å². The maximum Gasteiger partial charge on any atom is 0.167 e. The molecular weight excluding hydrogens is 286 g/mol. The number of piperidine rings is 1. The molecule has 0 aromatic heterocycles. The van der Waals surface area contributed by atoms with Crippen LogP contribution in [0, 0.1) is 0 Å². The van der Waals surface area contributed by atoms with E-state index in [0.717, 1.165) is 30.9 Å². The Morgan fingerprint density at radius 1 is 1.17 bits per heavy atom. The molecule has 0 atom stereocenters. The number of nitrogens with zero attached hydrogens (tertiary/aromatic N) is 1. The molecule has 0 radical (unpaired) electrons. The van der Waals surface area contributed by atoms with Crippen LogP contribution >= 0.6 is 0 Å². The summed E-state index contributed by atoms with van der Waals surface area (Å²) in [5.74, 6) is 0.925. The van der Waals surface area contributed by atoms with Crippen LogP contribution in [-0.2, 0) is 5.41 Å². The van der Waals surface area contributed by atoms with Gasteiger partial charge in [0.05, 0.1) is 12.2 Å². The van der Waals surface area contributed by atoms with Crippen molar-refractivity contribution in [3.63, 3.8) is 0 Å². The number of ether oxygens (including phenoxy) is 1. The van der Waals surface area contributed by atoms with E-state index in [1.807, 2.05) is 19.1 Å². The molecule has 23 heavy (non-hydrogen) atoms. The van der Waals surface area contributed by atoms with Crippen molar-refractivity contribution in [3.8, 4) is 5.75 Å². The summed E-state index contributed by atoms with van der Waals surface area (Å²) in [5, 5.41) is 0. The van der Waals surface area contributed by atoms with Crippen LogP contribution < -0.4 is 4.74 Å². The van der Waals surface area contributed by atoms with Crippen molar-refractivity contribution in [1.82, 2.24) is 4.90 Å². The molecule has 0 aliphatic carbocycles. The van der Waals surface area contributed by atoms with E-state index in [2.05, 4.69) is 31.7 Å². The minimum absolute atomic E-state index is 0.0344. The van der Waals surface area contributed by atoms with Crippen LogP contribution in [0.3, 0.4) is 0 Å². The van der Waals surface area contributed by atoms with Crippen molar-refractivity contribution in [2.45, 2.75) is 58.8 Å². The Balaban J connectivity index is 2.12. The van der Waals surface area contributed by atoms with Gasteiger partial charge in [-0.1, -0.05) is 33.3 Å². The van der Waals surface area contributed by atoms with Gasteiger partial charge in [-0.15, -0.1) is 0 Å². The van der Waals surface area contributed by atoms with Crippen LogP contribution in [0.25, 0.3) is 0 Å². The number of likely N-dealkylation sites (tertiary alicyclic amines) is 1. The molecule has 3 heteroatoms. The lowest BCUT2D eigenvalue weighted by Gasteiger charge is -2.26. The summed E-state index contributed by atoms with van der Waals surface area (Å²) >= 11 is 0. The SMILES string of the molecule is CCOc1ccc(C(C)(C)C)cc1C(=O)CCN1CCCCC1. The Morgan fingerprint density at radius 3 is 2.48 bits per heavy atom. The Hall–Kier alpha value is -1.35. The number of hydrogen-bond acceptors (Lipinski definition) is 3. The summed E-state index contributed by atoms with van der Waals surface area (Å²) in [6.45, 7) is 12.2. The van der Waals surface area contributed by atoms with Gasteiger partial charge < -0.3 is 9.64 Å². The molecule has 3 nitrogen and oxygen atoms in total. The van der Waals surface area contributed by atoms with Crippen LogP contribution in [-0.4, -0.2) is 36.9 Å². The zero-order chi connectivity index (χ0) is 16.9. The van der Waals surface area contributed by atoms with Crippen LogP contribution in [0.4, 0.5) is 0 Å². The average Bonchev–Trinajstić information content (AvgIpc) is 2.53. The highest BCUT2D eigenvalue weighted by Crippen LogP contribution is 2.29. The third kappa shape index (κ3) is 5.07. The first kappa shape index (κ1) is 18.0. The molecule has 1 heterocycles. The summed E-state index contributed by atoms with van der Waals surface area (Å²) in [4.78, 5) is 15.2. The lowest BCUT2D eigenvalue weighted by Crippen LogP contribution is -2.31. The Kier molecular flexibility index (Phi) is 6.23. The van der Waals surface area contributed by atoms with Crippen molar-refractivity contribution >= 4 is 5.78 Å². The van der Waals surface area contributed by atoms with Gasteiger partial charge in [-0.2, -0.15) is 0 Å². The molecule has 128 valence electrons. The number of rotatable bonds is 6. The largest absolute Gasteiger partial charge is 0.493 e. The molecule has 1 aromatic carbocycles. The van der Waals surface area contributed by atoms with Crippen LogP contribution in [0.1, 0.15) is 69.3 Å². The van der Waals surface area contributed by atoms with Gasteiger partial charge in [0.25, 0.3) is 0 Å². The second-order valence-electron chi connectivity index (χ2n) is 7.47. The van der Waals surface area contributed by atoms with E-state index in [0.29, 0.717) is 13.0 Å². The molecular formula is C20H31NO2. The standard InChI is InChI=1S/C20H31NO2/c1-5-23-19-10-9-16(20(2,3)4)15-17(19)18(22)11-14-21-12-7-6-8-13-21/h9-10,15H,5-8,11-14H2,1-4H3. The molecule has 2 rings (SSSR count). The Morgan fingerprint density at radius 2 is 1.87 bits per heavy atom. The van der Waals surface area contributed by atoms with E-state index < -0.39 is 0 Å². The molecule has 0 bridgehead atoms. The lowest BCUT2D eigenvalue weighted by atomic mass is 9.85. The van der Waals surface area contributed by atoms with Gasteiger partial charge in [0, 0.05) is 13.0 Å². The van der Waals surface area contributed by atoms with E-state index in [1.54, 1.807) is 0 Å². The number of Topliss-reactive ketones (excluding diaryl/α,β-unsaturated/α-hetero) is 1. The van der Waals surface area contributed by atoms with Crippen molar-refractivity contribution in [1.29, 1.82) is 0 Å². The minimum atomic E-state index is 0.0344. The van der Waals surface area contributed by atoms with Gasteiger partial charge in [0.15, 0.2) is 5.78 Å². The highest BCUT2D eigenvalue weighted by molar-refractivity contribution is 5.99. The zero-order valence-corrected chi connectivity index (χ0v) is 15.2. The van der Waals surface area contributed by atoms with Gasteiger partial charge in [-0.05, 0) is 56.0 Å². The second-order valence-corrected chi connectivity index (χ2v) is 7.47. The highest BCUT2D eigenvalue weighted by atomic mass is 16.5. The molecule has 1 aliphatic heterocycles. The van der Waals surface area contributed by atoms with E-state index in [4.69, 9.17) is 4.74 Å². The molecule has 0 N–H and O–H groups in total. The number of hydrogen-bond donors (Lipinski definition) is 0. The molecule has 0 saturated carbocycles. The number of benzene rings is 1. The van der Waals surface area contributed by atoms with E-state index in [-0.39, 0.29) is 11.2 Å². The Bertz CT molecular complexity index is 525. The quantitative estimate of drug-likeness (QED) is 0.726. The maximum atomic E-state index is 12.8. The fourth-order valence-corrected chi connectivity index (χ4v) is 3.07. The topological polar surface area (TPSA) is 29.5 Å². The first-order chi connectivity index (χ1) is 10.9. The molecule has 0 spiro atoms. The minimum Gasteiger partial charge on any atom is -0.493 e. The predicted octanol–water partition coefficient (Wildman–Crippen LogP) is 4.44. The molecule has 1 aromatic rings. The van der Waals surface area contributed by atoms with Crippen LogP contribution in [0.15, 0.2) is 18.2 Å². The third-order valence-electron chi connectivity index (χ3n) is 4.55. The summed E-state index contributed by atoms with van der Waals surface area (Å²) in [5.41, 5.74) is 1.96. The number of ketones is 1. The number of carbonyl (C=O) groups excluding carboxylic acids is 1. The number of carbonyl (C=O) groups is 1. The van der Waals surface area contributed by atoms with E-state index in [1.165, 1.54) is 24.8 Å². The lowest BCUT2D eigenvalue weighted by molar-refractivity contribution is 0.0955. The first-order valence-corrected chi connectivity index (χ1v) is 8.94. The molecule has 1 aliphatic rings. The summed E-state index contributed by atoms with van der Waals surface area (Å²) < 4.78 is 5.68. The van der Waals surface area contributed by atoms with Gasteiger partial charge in [0.2, 0.25) is 0 Å². The summed E-state index contributed by atoms with van der Waals surface area (Å²) in [6.07, 6.45) is 4.43. The predicted molar refractivity (Wildman–Crippen MR) is 95.5 cm³/mol. The zero-order valence-electron chi connectivity index (χ0n) is 15.2. The molecule has 1 fully saturated rings. The maximum absolute atomic E-state index is 12.8. The summed E-state index contributed by atoms with van der Waals surface area (Å²) in [7, 11) is 0. The van der Waals surface area contributed by atoms with Crippen molar-refractivity contribution in [3.05, 3.63) is 29.3 Å². The highest BCUT2D eigenvalue weighted by Gasteiger charge is 2.20. The Labute approximate surface area is 141 Å². The van der Waals surface area contributed by atoms with Gasteiger partial charge >= 0.3 is 0 Å². The average molecular weight is 317 g/mol. The molecule has 1 saturated heterocycles. The smallest absolute Gasteiger partial charge is 0.167 e. The fourth-order valence-electron chi connectivity index (χ4n) is 3.07. The molecule has 0 unspecified atom stereocenters.